The Morgan fingerprint density at radius 1 is 1.67 bits per heavy atom. The van der Waals surface area contributed by atoms with Gasteiger partial charge in [0.2, 0.25) is 0 Å². The Labute approximate surface area is 109 Å². The third-order valence-electron chi connectivity index (χ3n) is 2.59. The maximum Gasteiger partial charge on any atom is 0.272 e. The lowest BCUT2D eigenvalue weighted by Crippen LogP contribution is -2.22. The van der Waals surface area contributed by atoms with Gasteiger partial charge in [-0.05, 0) is 37.5 Å². The van der Waals surface area contributed by atoms with E-state index in [9.17, 15) is 9.35 Å². The van der Waals surface area contributed by atoms with Crippen LogP contribution in [0.15, 0.2) is 17.2 Å². The Hall–Kier alpha value is -1.58. The quantitative estimate of drug-likeness (QED) is 0.823. The van der Waals surface area contributed by atoms with Gasteiger partial charge in [0.15, 0.2) is 10.6 Å². The fourth-order valence-electron chi connectivity index (χ4n) is 1.37. The second kappa shape index (κ2) is 5.38. The van der Waals surface area contributed by atoms with Gasteiger partial charge in [-0.2, -0.15) is 5.26 Å². The minimum Gasteiger partial charge on any atom is -0.611 e. The highest BCUT2D eigenvalue weighted by Gasteiger charge is 2.26. The zero-order chi connectivity index (χ0) is 13.9. The van der Waals surface area contributed by atoms with Crippen molar-refractivity contribution in [1.82, 2.24) is 4.98 Å². The molecular weight excluding hydrogens is 250 g/mol. The van der Waals surface area contributed by atoms with Crippen molar-refractivity contribution in [3.05, 3.63) is 23.5 Å². The van der Waals surface area contributed by atoms with Gasteiger partial charge in [-0.1, -0.05) is 0 Å². The summed E-state index contributed by atoms with van der Waals surface area (Å²) in [5, 5.41) is 9.07. The predicted molar refractivity (Wildman–Crippen MR) is 68.3 cm³/mol. The van der Waals surface area contributed by atoms with E-state index in [1.807, 2.05) is 0 Å². The summed E-state index contributed by atoms with van der Waals surface area (Å²) >= 11 is -1.34. The molecule has 1 aromatic heterocycles. The molecule has 0 unspecified atom stereocenters. The number of nitrogens with two attached hydrogens (primary N) is 1. The summed E-state index contributed by atoms with van der Waals surface area (Å²) in [7, 11) is 0. The Morgan fingerprint density at radius 2 is 2.28 bits per heavy atom. The van der Waals surface area contributed by atoms with Crippen LogP contribution < -0.4 is 5.73 Å². The molecule has 0 radical (unpaired) electrons. The summed E-state index contributed by atoms with van der Waals surface area (Å²) in [5.41, 5.74) is 5.07. The molecule has 1 atom stereocenters. The van der Waals surface area contributed by atoms with Crippen LogP contribution >= 0.6 is 0 Å². The molecule has 5 nitrogen and oxygen atoms in total. The first-order valence-corrected chi connectivity index (χ1v) is 6.75. The Morgan fingerprint density at radius 3 is 2.72 bits per heavy atom. The molecule has 0 fully saturated rings. The standard InChI is InChI=1S/C12H15N3O2S/c1-4-18(17)9-5-8(12(2,3)7-13)6-15-10(9)11(14)16/h5-6H,4H2,1-3H3,(H2,14,16)/t18-/m1/s1. The molecule has 0 aromatic carbocycles. The van der Waals surface area contributed by atoms with E-state index in [4.69, 9.17) is 11.0 Å². The maximum absolute atomic E-state index is 11.9. The topological polar surface area (TPSA) is 103 Å². The monoisotopic (exact) mass is 265 g/mol. The number of carbonyl (C=O) groups excluding carboxylic acids is 1. The van der Waals surface area contributed by atoms with E-state index in [2.05, 4.69) is 11.1 Å². The number of hydrogen-bond donors (Lipinski definition) is 1. The SMILES string of the molecule is CC[S@@+]([O-])c1cc(C(C)(C)C#N)cnc1C(N)=O. The van der Waals surface area contributed by atoms with Gasteiger partial charge < -0.3 is 10.3 Å². The number of aromatic nitrogens is 1. The molecule has 1 amide bonds. The largest absolute Gasteiger partial charge is 0.611 e. The molecule has 0 saturated carbocycles. The maximum atomic E-state index is 11.9. The number of pyridine rings is 1. The van der Waals surface area contributed by atoms with Crippen LogP contribution in [-0.4, -0.2) is 21.2 Å². The smallest absolute Gasteiger partial charge is 0.272 e. The van der Waals surface area contributed by atoms with Gasteiger partial charge in [0.05, 0.1) is 11.5 Å². The van der Waals surface area contributed by atoms with Crippen molar-refractivity contribution in [3.63, 3.8) is 0 Å². The summed E-state index contributed by atoms with van der Waals surface area (Å²) in [6.45, 7) is 5.20. The van der Waals surface area contributed by atoms with Crippen LogP contribution in [0.3, 0.4) is 0 Å². The number of primary amides is 1. The summed E-state index contributed by atoms with van der Waals surface area (Å²) < 4.78 is 11.9. The van der Waals surface area contributed by atoms with Crippen LogP contribution in [-0.2, 0) is 16.6 Å². The predicted octanol–water partition coefficient (Wildman–Crippen LogP) is 1.11. The molecule has 18 heavy (non-hydrogen) atoms. The van der Waals surface area contributed by atoms with Crippen molar-refractivity contribution in [2.45, 2.75) is 31.1 Å². The zero-order valence-electron chi connectivity index (χ0n) is 10.6. The van der Waals surface area contributed by atoms with Crippen LogP contribution in [0.2, 0.25) is 0 Å². The van der Waals surface area contributed by atoms with Gasteiger partial charge in [0, 0.05) is 12.3 Å². The van der Waals surface area contributed by atoms with E-state index in [1.54, 1.807) is 26.8 Å². The highest BCUT2D eigenvalue weighted by atomic mass is 32.2. The lowest BCUT2D eigenvalue weighted by molar-refractivity contribution is 0.0992. The second-order valence-electron chi connectivity index (χ2n) is 4.31. The van der Waals surface area contributed by atoms with Gasteiger partial charge in [-0.3, -0.25) is 4.79 Å². The van der Waals surface area contributed by atoms with Crippen LogP contribution in [0.4, 0.5) is 0 Å². The minimum atomic E-state index is -1.34. The van der Waals surface area contributed by atoms with Crippen molar-refractivity contribution in [3.8, 4) is 6.07 Å². The molecule has 2 N–H and O–H groups in total. The molecule has 0 spiro atoms. The molecule has 1 rings (SSSR count). The molecule has 1 heterocycles. The Kier molecular flexibility index (Phi) is 4.33. The van der Waals surface area contributed by atoms with Crippen molar-refractivity contribution in [2.24, 2.45) is 5.73 Å². The number of hydrogen-bond acceptors (Lipinski definition) is 4. The van der Waals surface area contributed by atoms with Crippen molar-refractivity contribution < 1.29 is 9.35 Å². The average molecular weight is 265 g/mol. The number of nitrogens with zero attached hydrogens (tertiary/aromatic N) is 2. The summed E-state index contributed by atoms with van der Waals surface area (Å²) in [5.74, 6) is -0.355. The third kappa shape index (κ3) is 2.81. The molecule has 0 bridgehead atoms. The average Bonchev–Trinajstić information content (AvgIpc) is 2.36. The van der Waals surface area contributed by atoms with Crippen molar-refractivity contribution >= 4 is 17.1 Å². The van der Waals surface area contributed by atoms with Gasteiger partial charge in [0.1, 0.15) is 5.75 Å². The normalized spacial score (nSPS) is 12.8. The lowest BCUT2D eigenvalue weighted by Gasteiger charge is -2.18. The van der Waals surface area contributed by atoms with Crippen LogP contribution in [0.1, 0.15) is 36.8 Å². The summed E-state index contributed by atoms with van der Waals surface area (Å²) in [6.07, 6.45) is 1.43. The van der Waals surface area contributed by atoms with E-state index in [0.717, 1.165) is 0 Å². The number of nitriles is 1. The van der Waals surface area contributed by atoms with Gasteiger partial charge in [0.25, 0.3) is 5.91 Å². The molecular formula is C12H15N3O2S. The molecule has 6 heteroatoms. The van der Waals surface area contributed by atoms with Crippen molar-refractivity contribution in [1.29, 1.82) is 5.26 Å². The highest BCUT2D eigenvalue weighted by Crippen LogP contribution is 2.25. The highest BCUT2D eigenvalue weighted by molar-refractivity contribution is 7.91. The molecule has 0 aliphatic rings. The van der Waals surface area contributed by atoms with E-state index in [1.165, 1.54) is 6.20 Å². The molecule has 0 saturated heterocycles. The summed E-state index contributed by atoms with van der Waals surface area (Å²) in [6, 6.07) is 3.71. The van der Waals surface area contributed by atoms with Crippen LogP contribution in [0, 0.1) is 11.3 Å². The van der Waals surface area contributed by atoms with E-state index in [0.29, 0.717) is 16.2 Å². The van der Waals surface area contributed by atoms with E-state index >= 15 is 0 Å². The lowest BCUT2D eigenvalue weighted by atomic mass is 9.87. The fraction of sp³-hybridized carbons (Fsp3) is 0.417. The molecule has 96 valence electrons. The Bertz CT molecular complexity index is 509. The Balaban J connectivity index is 3.40. The van der Waals surface area contributed by atoms with Crippen LogP contribution in [0.25, 0.3) is 0 Å². The van der Waals surface area contributed by atoms with Crippen LogP contribution in [0.5, 0.6) is 0 Å². The first-order valence-electron chi connectivity index (χ1n) is 5.43. The number of rotatable bonds is 4. The van der Waals surface area contributed by atoms with Crippen molar-refractivity contribution in [2.75, 3.05) is 5.75 Å². The van der Waals surface area contributed by atoms with E-state index < -0.39 is 22.5 Å². The van der Waals surface area contributed by atoms with Gasteiger partial charge >= 0.3 is 0 Å². The van der Waals surface area contributed by atoms with Gasteiger partial charge in [-0.25, -0.2) is 4.98 Å². The first-order chi connectivity index (χ1) is 8.33. The molecule has 0 aliphatic heterocycles. The summed E-state index contributed by atoms with van der Waals surface area (Å²) in [4.78, 5) is 15.5. The first kappa shape index (κ1) is 14.5. The zero-order valence-corrected chi connectivity index (χ0v) is 11.4. The third-order valence-corrected chi connectivity index (χ3v) is 3.92. The molecule has 0 aliphatic carbocycles. The fourth-order valence-corrected chi connectivity index (χ4v) is 2.30. The van der Waals surface area contributed by atoms with E-state index in [-0.39, 0.29) is 5.69 Å². The molecule has 1 aromatic rings. The second-order valence-corrected chi connectivity index (χ2v) is 6.01. The minimum absolute atomic E-state index is 0.00710. The number of carbonyl (C=O) groups is 1. The van der Waals surface area contributed by atoms with Gasteiger partial charge in [-0.15, -0.1) is 0 Å². The number of amides is 1.